The van der Waals surface area contributed by atoms with Crippen molar-refractivity contribution in [3.63, 3.8) is 0 Å². The Morgan fingerprint density at radius 2 is 2.11 bits per heavy atom. The van der Waals surface area contributed by atoms with E-state index in [1.807, 2.05) is 17.4 Å². The Morgan fingerprint density at radius 1 is 1.32 bits per heavy atom. The molecule has 2 aromatic rings. The summed E-state index contributed by atoms with van der Waals surface area (Å²) >= 11 is 7.73. The molecule has 4 heteroatoms. The van der Waals surface area contributed by atoms with E-state index in [0.29, 0.717) is 11.1 Å². The maximum Gasteiger partial charge on any atom is 0.134 e. The highest BCUT2D eigenvalue weighted by molar-refractivity contribution is 7.11. The maximum atomic E-state index is 9.37. The maximum absolute atomic E-state index is 9.37. The SMILES string of the molecule is Cc1ccc(CC(C)NCc2ccc(O)c(Cl)c2)s1. The summed E-state index contributed by atoms with van der Waals surface area (Å²) in [7, 11) is 0. The summed E-state index contributed by atoms with van der Waals surface area (Å²) in [6.07, 6.45) is 1.03. The van der Waals surface area contributed by atoms with Gasteiger partial charge in [-0.15, -0.1) is 11.3 Å². The second-order valence-electron chi connectivity index (χ2n) is 4.78. The molecular weight excluding hydrogens is 278 g/mol. The van der Waals surface area contributed by atoms with Crippen molar-refractivity contribution in [2.24, 2.45) is 0 Å². The third-order valence-corrected chi connectivity index (χ3v) is 4.30. The zero-order valence-electron chi connectivity index (χ0n) is 11.1. The van der Waals surface area contributed by atoms with Crippen LogP contribution in [0.1, 0.15) is 22.2 Å². The fourth-order valence-electron chi connectivity index (χ4n) is 1.92. The number of nitrogens with one attached hydrogen (secondary N) is 1. The van der Waals surface area contributed by atoms with E-state index in [-0.39, 0.29) is 5.75 Å². The highest BCUT2D eigenvalue weighted by Crippen LogP contribution is 2.23. The lowest BCUT2D eigenvalue weighted by Gasteiger charge is -2.13. The molecule has 0 fully saturated rings. The molecule has 0 spiro atoms. The highest BCUT2D eigenvalue weighted by Gasteiger charge is 2.06. The first-order valence-corrected chi connectivity index (χ1v) is 7.50. The van der Waals surface area contributed by atoms with Crippen LogP contribution >= 0.6 is 22.9 Å². The molecule has 0 saturated carbocycles. The summed E-state index contributed by atoms with van der Waals surface area (Å²) in [6, 6.07) is 10.1. The lowest BCUT2D eigenvalue weighted by atomic mass is 10.1. The van der Waals surface area contributed by atoms with Crippen LogP contribution in [0.3, 0.4) is 0 Å². The molecule has 2 N–H and O–H groups in total. The molecule has 1 heterocycles. The van der Waals surface area contributed by atoms with Crippen LogP contribution in [0.15, 0.2) is 30.3 Å². The van der Waals surface area contributed by atoms with E-state index < -0.39 is 0 Å². The van der Waals surface area contributed by atoms with Crippen molar-refractivity contribution in [2.45, 2.75) is 32.9 Å². The minimum Gasteiger partial charge on any atom is -0.506 e. The molecular formula is C15H18ClNOS. The largest absolute Gasteiger partial charge is 0.506 e. The molecule has 102 valence electrons. The number of phenolic OH excluding ortho intramolecular Hbond substituents is 1. The van der Waals surface area contributed by atoms with E-state index in [1.165, 1.54) is 9.75 Å². The Hall–Kier alpha value is -1.03. The molecule has 0 aliphatic rings. The minimum absolute atomic E-state index is 0.132. The molecule has 0 bridgehead atoms. The Balaban J connectivity index is 1.86. The van der Waals surface area contributed by atoms with E-state index in [2.05, 4.69) is 31.3 Å². The number of benzene rings is 1. The molecule has 0 aliphatic carbocycles. The zero-order chi connectivity index (χ0) is 13.8. The predicted molar refractivity (Wildman–Crippen MR) is 82.2 cm³/mol. The first-order valence-electron chi connectivity index (χ1n) is 6.30. The summed E-state index contributed by atoms with van der Waals surface area (Å²) in [5.41, 5.74) is 1.08. The molecule has 2 rings (SSSR count). The molecule has 0 radical (unpaired) electrons. The second-order valence-corrected chi connectivity index (χ2v) is 6.56. The van der Waals surface area contributed by atoms with E-state index in [9.17, 15) is 5.11 Å². The molecule has 2 nitrogen and oxygen atoms in total. The molecule has 1 aromatic heterocycles. The topological polar surface area (TPSA) is 32.3 Å². The van der Waals surface area contributed by atoms with E-state index in [1.54, 1.807) is 12.1 Å². The van der Waals surface area contributed by atoms with Crippen molar-refractivity contribution >= 4 is 22.9 Å². The van der Waals surface area contributed by atoms with Gasteiger partial charge in [0, 0.05) is 22.3 Å². The van der Waals surface area contributed by atoms with Gasteiger partial charge in [0.05, 0.1) is 5.02 Å². The third kappa shape index (κ3) is 4.23. The highest BCUT2D eigenvalue weighted by atomic mass is 35.5. The Bertz CT molecular complexity index is 553. The number of aromatic hydroxyl groups is 1. The van der Waals surface area contributed by atoms with Gasteiger partial charge >= 0.3 is 0 Å². The van der Waals surface area contributed by atoms with Gasteiger partial charge in [-0.25, -0.2) is 0 Å². The Morgan fingerprint density at radius 3 is 2.74 bits per heavy atom. The van der Waals surface area contributed by atoms with Crippen molar-refractivity contribution in [1.82, 2.24) is 5.32 Å². The van der Waals surface area contributed by atoms with Gasteiger partial charge in [0.2, 0.25) is 0 Å². The number of aryl methyl sites for hydroxylation is 1. The third-order valence-electron chi connectivity index (χ3n) is 2.97. The summed E-state index contributed by atoms with van der Waals surface area (Å²) in [4.78, 5) is 2.76. The van der Waals surface area contributed by atoms with Crippen LogP contribution in [0.25, 0.3) is 0 Å². The lowest BCUT2D eigenvalue weighted by molar-refractivity contribution is 0.475. The van der Waals surface area contributed by atoms with E-state index in [4.69, 9.17) is 11.6 Å². The van der Waals surface area contributed by atoms with Crippen molar-refractivity contribution < 1.29 is 5.11 Å². The average molecular weight is 296 g/mol. The predicted octanol–water partition coefficient (Wildman–Crippen LogP) is 4.14. The molecule has 0 amide bonds. The monoisotopic (exact) mass is 295 g/mol. The minimum atomic E-state index is 0.132. The molecule has 0 saturated heterocycles. The van der Waals surface area contributed by atoms with Gasteiger partial charge in [0.25, 0.3) is 0 Å². The number of hydrogen-bond acceptors (Lipinski definition) is 3. The van der Waals surface area contributed by atoms with Crippen molar-refractivity contribution in [3.8, 4) is 5.75 Å². The summed E-state index contributed by atoms with van der Waals surface area (Å²) in [5.74, 6) is 0.132. The van der Waals surface area contributed by atoms with Gasteiger partial charge in [0.15, 0.2) is 0 Å². The van der Waals surface area contributed by atoms with Gasteiger partial charge in [-0.05, 0) is 50.1 Å². The number of thiophene rings is 1. The van der Waals surface area contributed by atoms with Crippen LogP contribution in [0.4, 0.5) is 0 Å². The molecule has 1 unspecified atom stereocenters. The van der Waals surface area contributed by atoms with Crippen molar-refractivity contribution in [3.05, 3.63) is 50.7 Å². The lowest BCUT2D eigenvalue weighted by Crippen LogP contribution is -2.27. The molecule has 0 aliphatic heterocycles. The smallest absolute Gasteiger partial charge is 0.134 e. The number of rotatable bonds is 5. The van der Waals surface area contributed by atoms with Gasteiger partial charge in [-0.1, -0.05) is 17.7 Å². The Kier molecular flexibility index (Phi) is 4.86. The molecule has 1 atom stereocenters. The first-order chi connectivity index (χ1) is 9.04. The van der Waals surface area contributed by atoms with Crippen LogP contribution in [-0.4, -0.2) is 11.1 Å². The first kappa shape index (κ1) is 14.4. The van der Waals surface area contributed by atoms with Gasteiger partial charge in [0.1, 0.15) is 5.75 Å². The van der Waals surface area contributed by atoms with E-state index >= 15 is 0 Å². The Labute approximate surface area is 123 Å². The van der Waals surface area contributed by atoms with Gasteiger partial charge in [-0.2, -0.15) is 0 Å². The van der Waals surface area contributed by atoms with Crippen LogP contribution in [0.5, 0.6) is 5.75 Å². The summed E-state index contributed by atoms with van der Waals surface area (Å²) < 4.78 is 0. The number of phenols is 1. The molecule has 1 aromatic carbocycles. The van der Waals surface area contributed by atoms with Crippen molar-refractivity contribution in [1.29, 1.82) is 0 Å². The van der Waals surface area contributed by atoms with Crippen LogP contribution in [-0.2, 0) is 13.0 Å². The summed E-state index contributed by atoms with van der Waals surface area (Å²) in [6.45, 7) is 5.06. The normalized spacial score (nSPS) is 12.6. The zero-order valence-corrected chi connectivity index (χ0v) is 12.7. The quantitative estimate of drug-likeness (QED) is 0.869. The second kappa shape index (κ2) is 6.42. The standard InChI is InChI=1S/C15H18ClNOS/c1-10(7-13-5-3-11(2)19-13)17-9-12-4-6-15(18)14(16)8-12/h3-6,8,10,17-18H,7,9H2,1-2H3. The van der Waals surface area contributed by atoms with Gasteiger partial charge in [-0.3, -0.25) is 0 Å². The van der Waals surface area contributed by atoms with Crippen LogP contribution in [0, 0.1) is 6.92 Å². The fourth-order valence-corrected chi connectivity index (χ4v) is 3.14. The average Bonchev–Trinajstić information content (AvgIpc) is 2.76. The van der Waals surface area contributed by atoms with Crippen molar-refractivity contribution in [2.75, 3.05) is 0 Å². The summed E-state index contributed by atoms with van der Waals surface area (Å²) in [5, 5.41) is 13.2. The number of halogens is 1. The molecule has 19 heavy (non-hydrogen) atoms. The van der Waals surface area contributed by atoms with Crippen LogP contribution in [0.2, 0.25) is 5.02 Å². The number of hydrogen-bond donors (Lipinski definition) is 2. The fraction of sp³-hybridized carbons (Fsp3) is 0.333. The van der Waals surface area contributed by atoms with E-state index in [0.717, 1.165) is 18.5 Å². The van der Waals surface area contributed by atoms with Crippen LogP contribution < -0.4 is 5.32 Å². The van der Waals surface area contributed by atoms with Gasteiger partial charge < -0.3 is 10.4 Å².